The van der Waals surface area contributed by atoms with Crippen LogP contribution in [0.4, 0.5) is 0 Å². The molecule has 2 aromatic heterocycles. The van der Waals surface area contributed by atoms with Gasteiger partial charge >= 0.3 is 5.63 Å². The van der Waals surface area contributed by atoms with E-state index in [2.05, 4.69) is 0 Å². The standard InChI is InChI=1S/C14H10O2S/c1-9-4-5-12-10(7-9)11(8-14(15)16-12)13-3-2-6-17-13/h2-8H,1H3. The largest absolute Gasteiger partial charge is 0.423 e. The summed E-state index contributed by atoms with van der Waals surface area (Å²) in [6, 6.07) is 11.4. The fourth-order valence-corrected chi connectivity index (χ4v) is 2.67. The van der Waals surface area contributed by atoms with Crippen LogP contribution < -0.4 is 5.63 Å². The van der Waals surface area contributed by atoms with Crippen molar-refractivity contribution in [2.75, 3.05) is 0 Å². The van der Waals surface area contributed by atoms with Crippen LogP contribution in [0.15, 0.2) is 51.0 Å². The van der Waals surface area contributed by atoms with Crippen molar-refractivity contribution >= 4 is 22.3 Å². The third-order valence-corrected chi connectivity index (χ3v) is 3.59. The highest BCUT2D eigenvalue weighted by Crippen LogP contribution is 2.30. The molecule has 0 saturated heterocycles. The lowest BCUT2D eigenvalue weighted by Gasteiger charge is -2.03. The van der Waals surface area contributed by atoms with Crippen molar-refractivity contribution in [1.82, 2.24) is 0 Å². The Morgan fingerprint density at radius 2 is 2.06 bits per heavy atom. The first kappa shape index (κ1) is 10.3. The summed E-state index contributed by atoms with van der Waals surface area (Å²) in [6.45, 7) is 2.03. The van der Waals surface area contributed by atoms with E-state index in [1.54, 1.807) is 17.4 Å². The zero-order valence-electron chi connectivity index (χ0n) is 9.27. The zero-order valence-corrected chi connectivity index (χ0v) is 10.1. The number of hydrogen-bond donors (Lipinski definition) is 0. The Balaban J connectivity index is 2.44. The van der Waals surface area contributed by atoms with Crippen LogP contribution in [-0.4, -0.2) is 0 Å². The predicted molar refractivity (Wildman–Crippen MR) is 70.5 cm³/mol. The number of hydrogen-bond acceptors (Lipinski definition) is 3. The molecule has 1 aromatic carbocycles. The van der Waals surface area contributed by atoms with Crippen LogP contribution in [0, 0.1) is 6.92 Å². The molecule has 0 aliphatic carbocycles. The smallest absolute Gasteiger partial charge is 0.336 e. The number of aryl methyl sites for hydroxylation is 1. The Morgan fingerprint density at radius 1 is 1.18 bits per heavy atom. The van der Waals surface area contributed by atoms with E-state index in [1.807, 2.05) is 42.6 Å². The fraction of sp³-hybridized carbons (Fsp3) is 0.0714. The molecule has 0 bridgehead atoms. The van der Waals surface area contributed by atoms with Crippen molar-refractivity contribution in [2.24, 2.45) is 0 Å². The molecule has 2 nitrogen and oxygen atoms in total. The molecule has 3 rings (SSSR count). The van der Waals surface area contributed by atoms with Crippen molar-refractivity contribution in [3.63, 3.8) is 0 Å². The quantitative estimate of drug-likeness (QED) is 0.607. The molecule has 0 radical (unpaired) electrons. The second-order valence-electron chi connectivity index (χ2n) is 3.96. The predicted octanol–water partition coefficient (Wildman–Crippen LogP) is 3.83. The Bertz CT molecular complexity index is 724. The lowest BCUT2D eigenvalue weighted by molar-refractivity contribution is 0.561. The van der Waals surface area contributed by atoms with Gasteiger partial charge in [-0.2, -0.15) is 0 Å². The summed E-state index contributed by atoms with van der Waals surface area (Å²) >= 11 is 1.62. The Labute approximate surface area is 102 Å². The molecule has 0 aliphatic rings. The third-order valence-electron chi connectivity index (χ3n) is 2.68. The van der Waals surface area contributed by atoms with E-state index >= 15 is 0 Å². The Hall–Kier alpha value is -1.87. The van der Waals surface area contributed by atoms with Crippen LogP contribution in [0.1, 0.15) is 5.56 Å². The number of fused-ring (bicyclic) bond motifs is 1. The van der Waals surface area contributed by atoms with Gasteiger partial charge < -0.3 is 4.42 Å². The lowest BCUT2D eigenvalue weighted by atomic mass is 10.1. The van der Waals surface area contributed by atoms with Gasteiger partial charge in [0.05, 0.1) is 0 Å². The average molecular weight is 242 g/mol. The molecular weight excluding hydrogens is 232 g/mol. The van der Waals surface area contributed by atoms with Crippen molar-refractivity contribution < 1.29 is 4.42 Å². The molecule has 84 valence electrons. The monoisotopic (exact) mass is 242 g/mol. The number of thiophene rings is 1. The molecule has 0 unspecified atom stereocenters. The van der Waals surface area contributed by atoms with Gasteiger partial charge in [0.1, 0.15) is 5.58 Å². The normalized spacial score (nSPS) is 10.9. The first-order valence-corrected chi connectivity index (χ1v) is 6.20. The summed E-state index contributed by atoms with van der Waals surface area (Å²) in [5.74, 6) is 0. The molecule has 3 aromatic rings. The third kappa shape index (κ3) is 1.78. The highest BCUT2D eigenvalue weighted by molar-refractivity contribution is 7.13. The Kier molecular flexibility index (Phi) is 2.34. The molecule has 0 amide bonds. The van der Waals surface area contributed by atoms with Gasteiger partial charge in [0.15, 0.2) is 0 Å². The summed E-state index contributed by atoms with van der Waals surface area (Å²) in [5.41, 5.74) is 2.45. The van der Waals surface area contributed by atoms with Gasteiger partial charge in [0.2, 0.25) is 0 Å². The second kappa shape index (κ2) is 3.86. The Morgan fingerprint density at radius 3 is 2.82 bits per heavy atom. The highest BCUT2D eigenvalue weighted by Gasteiger charge is 2.08. The molecule has 3 heteroatoms. The molecule has 17 heavy (non-hydrogen) atoms. The molecule has 2 heterocycles. The molecular formula is C14H10O2S. The number of rotatable bonds is 1. The maximum absolute atomic E-state index is 11.5. The summed E-state index contributed by atoms with van der Waals surface area (Å²) in [6.07, 6.45) is 0. The van der Waals surface area contributed by atoms with E-state index in [0.717, 1.165) is 21.4 Å². The molecule has 0 N–H and O–H groups in total. The van der Waals surface area contributed by atoms with Crippen molar-refractivity contribution in [2.45, 2.75) is 6.92 Å². The average Bonchev–Trinajstić information content (AvgIpc) is 2.82. The zero-order chi connectivity index (χ0) is 11.8. The van der Waals surface area contributed by atoms with E-state index in [-0.39, 0.29) is 5.63 Å². The molecule has 0 spiro atoms. The molecule has 0 atom stereocenters. The number of benzene rings is 1. The van der Waals surface area contributed by atoms with Crippen molar-refractivity contribution in [3.8, 4) is 10.4 Å². The summed E-state index contributed by atoms with van der Waals surface area (Å²) < 4.78 is 5.20. The van der Waals surface area contributed by atoms with Crippen LogP contribution in [0.25, 0.3) is 21.4 Å². The van der Waals surface area contributed by atoms with Gasteiger partial charge in [-0.05, 0) is 30.5 Å². The minimum absolute atomic E-state index is 0.301. The van der Waals surface area contributed by atoms with Gasteiger partial charge in [-0.15, -0.1) is 11.3 Å². The van der Waals surface area contributed by atoms with Gasteiger partial charge in [0.25, 0.3) is 0 Å². The highest BCUT2D eigenvalue weighted by atomic mass is 32.1. The summed E-state index contributed by atoms with van der Waals surface area (Å²) in [4.78, 5) is 12.6. The van der Waals surface area contributed by atoms with Crippen LogP contribution >= 0.6 is 11.3 Å². The van der Waals surface area contributed by atoms with E-state index in [9.17, 15) is 4.79 Å². The maximum Gasteiger partial charge on any atom is 0.336 e. The van der Waals surface area contributed by atoms with E-state index in [4.69, 9.17) is 4.42 Å². The van der Waals surface area contributed by atoms with Gasteiger partial charge in [-0.25, -0.2) is 4.79 Å². The summed E-state index contributed by atoms with van der Waals surface area (Å²) in [7, 11) is 0. The fourth-order valence-electron chi connectivity index (χ4n) is 1.91. The second-order valence-corrected chi connectivity index (χ2v) is 4.90. The first-order chi connectivity index (χ1) is 8.24. The van der Waals surface area contributed by atoms with Crippen LogP contribution in [0.3, 0.4) is 0 Å². The molecule has 0 saturated carbocycles. The molecule has 0 aliphatic heterocycles. The topological polar surface area (TPSA) is 30.2 Å². The van der Waals surface area contributed by atoms with E-state index in [1.165, 1.54) is 0 Å². The SMILES string of the molecule is Cc1ccc2oc(=O)cc(-c3cccs3)c2c1. The summed E-state index contributed by atoms with van der Waals surface area (Å²) in [5, 5.41) is 3.00. The van der Waals surface area contributed by atoms with Crippen molar-refractivity contribution in [1.29, 1.82) is 0 Å². The minimum atomic E-state index is -0.301. The van der Waals surface area contributed by atoms with Gasteiger partial charge in [-0.3, -0.25) is 0 Å². The minimum Gasteiger partial charge on any atom is -0.423 e. The van der Waals surface area contributed by atoms with E-state index < -0.39 is 0 Å². The van der Waals surface area contributed by atoms with Crippen LogP contribution in [0.5, 0.6) is 0 Å². The van der Waals surface area contributed by atoms with Crippen molar-refractivity contribution in [3.05, 3.63) is 57.8 Å². The van der Waals surface area contributed by atoms with Gasteiger partial charge in [-0.1, -0.05) is 17.7 Å². The molecule has 0 fully saturated rings. The maximum atomic E-state index is 11.5. The van der Waals surface area contributed by atoms with Crippen LogP contribution in [0.2, 0.25) is 0 Å². The lowest BCUT2D eigenvalue weighted by Crippen LogP contribution is -1.97. The van der Waals surface area contributed by atoms with Crippen LogP contribution in [-0.2, 0) is 0 Å². The first-order valence-electron chi connectivity index (χ1n) is 5.32. The van der Waals surface area contributed by atoms with Gasteiger partial charge in [0, 0.05) is 21.9 Å². The van der Waals surface area contributed by atoms with E-state index in [0.29, 0.717) is 5.58 Å².